The van der Waals surface area contributed by atoms with Crippen LogP contribution < -0.4 is 5.32 Å². The SMILES string of the molecule is CC(=O)Nc1cnc(C)s1. The fraction of sp³-hybridized carbons (Fsp3) is 0.333. The first-order chi connectivity index (χ1) is 4.68. The van der Waals surface area contributed by atoms with Crippen molar-refractivity contribution >= 4 is 22.2 Å². The fourth-order valence-corrected chi connectivity index (χ4v) is 1.32. The predicted octanol–water partition coefficient (Wildman–Crippen LogP) is 1.41. The highest BCUT2D eigenvalue weighted by atomic mass is 32.1. The lowest BCUT2D eigenvalue weighted by molar-refractivity contribution is -0.114. The van der Waals surface area contributed by atoms with E-state index in [0.717, 1.165) is 10.0 Å². The molecule has 0 unspecified atom stereocenters. The van der Waals surface area contributed by atoms with Gasteiger partial charge in [-0.1, -0.05) is 0 Å². The second-order valence-corrected chi connectivity index (χ2v) is 3.16. The molecule has 4 heteroatoms. The Balaban J connectivity index is 2.67. The third kappa shape index (κ3) is 1.80. The average Bonchev–Trinajstić information content (AvgIpc) is 2.13. The topological polar surface area (TPSA) is 42.0 Å². The van der Waals surface area contributed by atoms with Gasteiger partial charge in [-0.25, -0.2) is 4.98 Å². The van der Waals surface area contributed by atoms with E-state index in [0.29, 0.717) is 0 Å². The zero-order chi connectivity index (χ0) is 7.56. The van der Waals surface area contributed by atoms with Crippen LogP contribution in [0.3, 0.4) is 0 Å². The Morgan fingerprint density at radius 2 is 2.50 bits per heavy atom. The largest absolute Gasteiger partial charge is 0.317 e. The minimum atomic E-state index is -0.0522. The average molecular weight is 156 g/mol. The maximum atomic E-state index is 10.5. The van der Waals surface area contributed by atoms with Crippen LogP contribution in [0.2, 0.25) is 0 Å². The molecule has 3 nitrogen and oxygen atoms in total. The van der Waals surface area contributed by atoms with Crippen molar-refractivity contribution in [3.63, 3.8) is 0 Å². The van der Waals surface area contributed by atoms with E-state index in [1.807, 2.05) is 6.92 Å². The molecule has 1 heterocycles. The van der Waals surface area contributed by atoms with Gasteiger partial charge in [-0.3, -0.25) is 4.79 Å². The molecule has 0 aromatic carbocycles. The number of aryl methyl sites for hydroxylation is 1. The summed E-state index contributed by atoms with van der Waals surface area (Å²) in [6.45, 7) is 3.38. The number of carbonyl (C=O) groups is 1. The van der Waals surface area contributed by atoms with Crippen molar-refractivity contribution in [2.24, 2.45) is 0 Å². The molecule has 0 fully saturated rings. The van der Waals surface area contributed by atoms with Gasteiger partial charge < -0.3 is 5.32 Å². The summed E-state index contributed by atoms with van der Waals surface area (Å²) in [5.41, 5.74) is 0. The summed E-state index contributed by atoms with van der Waals surface area (Å²) in [5.74, 6) is -0.0522. The van der Waals surface area contributed by atoms with E-state index in [1.54, 1.807) is 6.20 Å². The lowest BCUT2D eigenvalue weighted by Crippen LogP contribution is -2.03. The molecule has 0 aliphatic rings. The molecule has 1 rings (SSSR count). The number of nitrogens with one attached hydrogen (secondary N) is 1. The summed E-state index contributed by atoms with van der Waals surface area (Å²) < 4.78 is 0. The van der Waals surface area contributed by atoms with Crippen LogP contribution in [0.1, 0.15) is 11.9 Å². The van der Waals surface area contributed by atoms with Gasteiger partial charge in [0.2, 0.25) is 5.91 Å². The van der Waals surface area contributed by atoms with Crippen LogP contribution in [0.25, 0.3) is 0 Å². The first kappa shape index (κ1) is 7.21. The lowest BCUT2D eigenvalue weighted by atomic mass is 10.7. The molecule has 0 saturated heterocycles. The third-order valence-corrected chi connectivity index (χ3v) is 1.75. The maximum absolute atomic E-state index is 10.5. The molecule has 1 aromatic rings. The van der Waals surface area contributed by atoms with E-state index in [1.165, 1.54) is 18.3 Å². The number of nitrogens with zero attached hydrogens (tertiary/aromatic N) is 1. The molecule has 0 radical (unpaired) electrons. The van der Waals surface area contributed by atoms with Gasteiger partial charge in [-0.15, -0.1) is 11.3 Å². The van der Waals surface area contributed by atoms with E-state index in [9.17, 15) is 4.79 Å². The first-order valence-corrected chi connectivity index (χ1v) is 3.70. The van der Waals surface area contributed by atoms with Crippen molar-refractivity contribution in [2.75, 3.05) is 5.32 Å². The Morgan fingerprint density at radius 3 is 2.90 bits per heavy atom. The Labute approximate surface area is 63.1 Å². The Kier molecular flexibility index (Phi) is 2.01. The monoisotopic (exact) mass is 156 g/mol. The van der Waals surface area contributed by atoms with Gasteiger partial charge in [-0.05, 0) is 6.92 Å². The van der Waals surface area contributed by atoms with Crippen molar-refractivity contribution in [2.45, 2.75) is 13.8 Å². The van der Waals surface area contributed by atoms with E-state index in [-0.39, 0.29) is 5.91 Å². The molecule has 10 heavy (non-hydrogen) atoms. The number of aromatic nitrogens is 1. The summed E-state index contributed by atoms with van der Waals surface area (Å²) >= 11 is 1.47. The minimum absolute atomic E-state index is 0.0522. The molecule has 0 aliphatic heterocycles. The van der Waals surface area contributed by atoms with Crippen LogP contribution in [-0.2, 0) is 4.79 Å². The molecular formula is C6H8N2OS. The second-order valence-electron chi connectivity index (χ2n) is 1.92. The number of amides is 1. The standard InChI is InChI=1S/C6H8N2OS/c1-4(9)8-6-3-7-5(2)10-6/h3H,1-2H3,(H,8,9). The van der Waals surface area contributed by atoms with Gasteiger partial charge >= 0.3 is 0 Å². The van der Waals surface area contributed by atoms with Gasteiger partial charge in [0, 0.05) is 6.92 Å². The molecule has 0 aliphatic carbocycles. The van der Waals surface area contributed by atoms with E-state index >= 15 is 0 Å². The second kappa shape index (κ2) is 2.79. The van der Waals surface area contributed by atoms with Crippen LogP contribution in [0.4, 0.5) is 5.00 Å². The Morgan fingerprint density at radius 1 is 1.80 bits per heavy atom. The number of thiazole rings is 1. The predicted molar refractivity (Wildman–Crippen MR) is 41.2 cm³/mol. The van der Waals surface area contributed by atoms with Gasteiger partial charge in [0.05, 0.1) is 11.2 Å². The van der Waals surface area contributed by atoms with Gasteiger partial charge in [-0.2, -0.15) is 0 Å². The summed E-state index contributed by atoms with van der Waals surface area (Å²) in [7, 11) is 0. The zero-order valence-electron chi connectivity index (χ0n) is 5.84. The third-order valence-electron chi connectivity index (χ3n) is 0.921. The van der Waals surface area contributed by atoms with Crippen molar-refractivity contribution in [1.29, 1.82) is 0 Å². The van der Waals surface area contributed by atoms with Crippen molar-refractivity contribution in [3.05, 3.63) is 11.2 Å². The van der Waals surface area contributed by atoms with E-state index < -0.39 is 0 Å². The van der Waals surface area contributed by atoms with Gasteiger partial charge in [0.1, 0.15) is 5.00 Å². The molecular weight excluding hydrogens is 148 g/mol. The molecule has 0 spiro atoms. The number of hydrogen-bond acceptors (Lipinski definition) is 3. The zero-order valence-corrected chi connectivity index (χ0v) is 6.66. The first-order valence-electron chi connectivity index (χ1n) is 2.88. The molecule has 0 bridgehead atoms. The molecule has 1 N–H and O–H groups in total. The van der Waals surface area contributed by atoms with Crippen LogP contribution >= 0.6 is 11.3 Å². The minimum Gasteiger partial charge on any atom is -0.317 e. The molecule has 1 amide bonds. The van der Waals surface area contributed by atoms with E-state index in [2.05, 4.69) is 10.3 Å². The normalized spacial score (nSPS) is 9.40. The van der Waals surface area contributed by atoms with Gasteiger partial charge in [0.15, 0.2) is 0 Å². The molecule has 0 saturated carbocycles. The molecule has 0 atom stereocenters. The molecule has 54 valence electrons. The Bertz CT molecular complexity index is 244. The Hall–Kier alpha value is -0.900. The fourth-order valence-electron chi connectivity index (χ4n) is 0.593. The highest BCUT2D eigenvalue weighted by Crippen LogP contribution is 2.16. The highest BCUT2D eigenvalue weighted by Gasteiger charge is 1.97. The summed E-state index contributed by atoms with van der Waals surface area (Å²) in [5, 5.41) is 4.41. The van der Waals surface area contributed by atoms with Crippen molar-refractivity contribution < 1.29 is 4.79 Å². The van der Waals surface area contributed by atoms with Crippen molar-refractivity contribution in [1.82, 2.24) is 4.98 Å². The smallest absolute Gasteiger partial charge is 0.221 e. The van der Waals surface area contributed by atoms with Crippen LogP contribution in [0.5, 0.6) is 0 Å². The summed E-state index contributed by atoms with van der Waals surface area (Å²) in [6, 6.07) is 0. The van der Waals surface area contributed by atoms with Crippen LogP contribution in [-0.4, -0.2) is 10.9 Å². The van der Waals surface area contributed by atoms with Crippen LogP contribution in [0.15, 0.2) is 6.20 Å². The highest BCUT2D eigenvalue weighted by molar-refractivity contribution is 7.15. The number of hydrogen-bond donors (Lipinski definition) is 1. The van der Waals surface area contributed by atoms with Crippen molar-refractivity contribution in [3.8, 4) is 0 Å². The maximum Gasteiger partial charge on any atom is 0.221 e. The lowest BCUT2D eigenvalue weighted by Gasteiger charge is -1.91. The number of anilines is 1. The number of carbonyl (C=O) groups excluding carboxylic acids is 1. The van der Waals surface area contributed by atoms with E-state index in [4.69, 9.17) is 0 Å². The summed E-state index contributed by atoms with van der Waals surface area (Å²) in [6.07, 6.45) is 1.65. The van der Waals surface area contributed by atoms with Gasteiger partial charge in [0.25, 0.3) is 0 Å². The number of rotatable bonds is 1. The molecule has 1 aromatic heterocycles. The quantitative estimate of drug-likeness (QED) is 0.668. The summed E-state index contributed by atoms with van der Waals surface area (Å²) in [4.78, 5) is 14.5. The van der Waals surface area contributed by atoms with Crippen LogP contribution in [0, 0.1) is 6.92 Å².